The fourth-order valence-corrected chi connectivity index (χ4v) is 3.75. The molecule has 1 N–H and O–H groups in total. The van der Waals surface area contributed by atoms with Gasteiger partial charge in [0.1, 0.15) is 17.0 Å². The third-order valence-corrected chi connectivity index (χ3v) is 5.18. The standard InChI is InChI=1S/C21H19FN4O2/c1-13-8-15(22)11-26-12-18(24-20(13)26)17-9-14-2-3-16(10-19(14)28-21(17)27)25-6-4-23-5-7-25/h2-3,8-12,23H,4-7H2,1H3. The van der Waals surface area contributed by atoms with Crippen molar-refractivity contribution in [2.24, 2.45) is 0 Å². The molecule has 1 aromatic carbocycles. The summed E-state index contributed by atoms with van der Waals surface area (Å²) in [6.07, 6.45) is 3.00. The van der Waals surface area contributed by atoms with Gasteiger partial charge in [0.15, 0.2) is 0 Å². The molecular formula is C21H19FN4O2. The van der Waals surface area contributed by atoms with Crippen LogP contribution in [0.2, 0.25) is 0 Å². The molecule has 1 aliphatic rings. The molecule has 0 unspecified atom stereocenters. The number of rotatable bonds is 2. The van der Waals surface area contributed by atoms with Crippen LogP contribution < -0.4 is 15.8 Å². The van der Waals surface area contributed by atoms with Crippen molar-refractivity contribution in [1.29, 1.82) is 0 Å². The topological polar surface area (TPSA) is 62.8 Å². The maximum atomic E-state index is 13.7. The van der Waals surface area contributed by atoms with Gasteiger partial charge in [-0.15, -0.1) is 0 Å². The summed E-state index contributed by atoms with van der Waals surface area (Å²) in [4.78, 5) is 19.4. The van der Waals surface area contributed by atoms with Crippen molar-refractivity contribution >= 4 is 22.3 Å². The van der Waals surface area contributed by atoms with Crippen LogP contribution >= 0.6 is 0 Å². The molecule has 0 aliphatic carbocycles. The van der Waals surface area contributed by atoms with Crippen LogP contribution in [-0.4, -0.2) is 35.6 Å². The fourth-order valence-electron chi connectivity index (χ4n) is 3.75. The third kappa shape index (κ3) is 2.84. The van der Waals surface area contributed by atoms with Gasteiger partial charge in [-0.05, 0) is 36.8 Å². The van der Waals surface area contributed by atoms with Gasteiger partial charge in [-0.2, -0.15) is 0 Å². The zero-order valence-corrected chi connectivity index (χ0v) is 15.4. The van der Waals surface area contributed by atoms with Crippen molar-refractivity contribution in [2.75, 3.05) is 31.1 Å². The number of imidazole rings is 1. The highest BCUT2D eigenvalue weighted by molar-refractivity contribution is 5.84. The molecule has 7 heteroatoms. The Morgan fingerprint density at radius 2 is 1.96 bits per heavy atom. The number of aryl methyl sites for hydroxylation is 1. The Hall–Kier alpha value is -3.19. The number of nitrogens with zero attached hydrogens (tertiary/aromatic N) is 3. The predicted molar refractivity (Wildman–Crippen MR) is 106 cm³/mol. The molecule has 1 aliphatic heterocycles. The molecular weight excluding hydrogens is 359 g/mol. The smallest absolute Gasteiger partial charge is 0.345 e. The molecule has 6 nitrogen and oxygen atoms in total. The number of hydrogen-bond acceptors (Lipinski definition) is 5. The van der Waals surface area contributed by atoms with Gasteiger partial charge < -0.3 is 19.0 Å². The predicted octanol–water partition coefficient (Wildman–Crippen LogP) is 2.96. The zero-order chi connectivity index (χ0) is 19.3. The second kappa shape index (κ2) is 6.45. The van der Waals surface area contributed by atoms with Gasteiger partial charge in [0, 0.05) is 55.7 Å². The van der Waals surface area contributed by atoms with Gasteiger partial charge in [0.05, 0.1) is 11.3 Å². The average molecular weight is 378 g/mol. The van der Waals surface area contributed by atoms with Crippen molar-refractivity contribution in [2.45, 2.75) is 6.92 Å². The number of aromatic nitrogens is 2. The molecule has 3 aromatic heterocycles. The van der Waals surface area contributed by atoms with E-state index in [-0.39, 0.29) is 5.82 Å². The highest BCUT2D eigenvalue weighted by Gasteiger charge is 2.15. The first kappa shape index (κ1) is 16.9. The summed E-state index contributed by atoms with van der Waals surface area (Å²) in [5, 5.41) is 4.15. The number of piperazine rings is 1. The van der Waals surface area contributed by atoms with E-state index in [1.54, 1.807) is 23.6 Å². The Morgan fingerprint density at radius 3 is 2.79 bits per heavy atom. The van der Waals surface area contributed by atoms with Crippen molar-refractivity contribution < 1.29 is 8.81 Å². The highest BCUT2D eigenvalue weighted by atomic mass is 19.1. The van der Waals surface area contributed by atoms with Gasteiger partial charge in [0.2, 0.25) is 0 Å². The second-order valence-electron chi connectivity index (χ2n) is 7.11. The number of anilines is 1. The summed E-state index contributed by atoms with van der Waals surface area (Å²) in [5.74, 6) is -0.347. The summed E-state index contributed by atoms with van der Waals surface area (Å²) < 4.78 is 20.9. The Labute approximate surface area is 160 Å². The third-order valence-electron chi connectivity index (χ3n) is 5.18. The van der Waals surface area contributed by atoms with Crippen LogP contribution in [0.15, 0.2) is 51.9 Å². The molecule has 142 valence electrons. The SMILES string of the molecule is Cc1cc(F)cn2cc(-c3cc4ccc(N5CCNCC5)cc4oc3=O)nc12. The van der Waals surface area contributed by atoms with Gasteiger partial charge in [0.25, 0.3) is 0 Å². The maximum absolute atomic E-state index is 13.7. The molecule has 1 saturated heterocycles. The van der Waals surface area contributed by atoms with Crippen LogP contribution in [0.1, 0.15) is 5.56 Å². The van der Waals surface area contributed by atoms with Crippen molar-refractivity contribution in [3.05, 3.63) is 64.5 Å². The lowest BCUT2D eigenvalue weighted by atomic mass is 10.1. The molecule has 4 heterocycles. The molecule has 1 fully saturated rings. The van der Waals surface area contributed by atoms with Crippen LogP contribution in [0.3, 0.4) is 0 Å². The summed E-state index contributed by atoms with van der Waals surface area (Å²) in [7, 11) is 0. The van der Waals surface area contributed by atoms with Gasteiger partial charge in [-0.25, -0.2) is 14.2 Å². The van der Waals surface area contributed by atoms with Gasteiger partial charge >= 0.3 is 5.63 Å². The lowest BCUT2D eigenvalue weighted by Gasteiger charge is -2.29. The minimum atomic E-state index is -0.452. The van der Waals surface area contributed by atoms with Crippen molar-refractivity contribution in [3.8, 4) is 11.3 Å². The lowest BCUT2D eigenvalue weighted by Crippen LogP contribution is -2.43. The van der Waals surface area contributed by atoms with Gasteiger partial charge in [-0.3, -0.25) is 0 Å². The number of nitrogens with one attached hydrogen (secondary N) is 1. The van der Waals surface area contributed by atoms with Crippen LogP contribution in [0.4, 0.5) is 10.1 Å². The van der Waals surface area contributed by atoms with E-state index in [9.17, 15) is 9.18 Å². The lowest BCUT2D eigenvalue weighted by molar-refractivity contribution is 0.561. The normalized spacial score (nSPS) is 14.9. The fraction of sp³-hybridized carbons (Fsp3) is 0.238. The minimum absolute atomic E-state index is 0.347. The van der Waals surface area contributed by atoms with Crippen molar-refractivity contribution in [3.63, 3.8) is 0 Å². The number of halogens is 1. The number of hydrogen-bond donors (Lipinski definition) is 1. The highest BCUT2D eigenvalue weighted by Crippen LogP contribution is 2.26. The van der Waals surface area contributed by atoms with E-state index in [0.717, 1.165) is 37.3 Å². The summed E-state index contributed by atoms with van der Waals surface area (Å²) >= 11 is 0. The first-order chi connectivity index (χ1) is 13.6. The number of fused-ring (bicyclic) bond motifs is 2. The van der Waals surface area contributed by atoms with Crippen LogP contribution in [0, 0.1) is 12.7 Å². The summed E-state index contributed by atoms with van der Waals surface area (Å²) in [6.45, 7) is 5.51. The molecule has 0 bridgehead atoms. The first-order valence-electron chi connectivity index (χ1n) is 9.27. The Balaban J connectivity index is 1.60. The van der Waals surface area contributed by atoms with Crippen LogP contribution in [-0.2, 0) is 0 Å². The Kier molecular flexibility index (Phi) is 3.91. The molecule has 0 atom stereocenters. The number of benzene rings is 1. The van der Waals surface area contributed by atoms with E-state index in [1.165, 1.54) is 12.3 Å². The van der Waals surface area contributed by atoms with E-state index in [2.05, 4.69) is 15.2 Å². The van der Waals surface area contributed by atoms with E-state index in [4.69, 9.17) is 4.42 Å². The molecule has 5 rings (SSSR count). The molecule has 0 saturated carbocycles. The zero-order valence-electron chi connectivity index (χ0n) is 15.4. The quantitative estimate of drug-likeness (QED) is 0.544. The largest absolute Gasteiger partial charge is 0.422 e. The number of pyridine rings is 1. The maximum Gasteiger partial charge on any atom is 0.345 e. The molecule has 0 radical (unpaired) electrons. The van der Waals surface area contributed by atoms with Gasteiger partial charge in [-0.1, -0.05) is 0 Å². The average Bonchev–Trinajstić information content (AvgIpc) is 3.12. The molecule has 0 spiro atoms. The van der Waals surface area contributed by atoms with Crippen molar-refractivity contribution in [1.82, 2.24) is 14.7 Å². The molecule has 4 aromatic rings. The van der Waals surface area contributed by atoms with Crippen LogP contribution in [0.25, 0.3) is 27.9 Å². The Morgan fingerprint density at radius 1 is 1.14 bits per heavy atom. The summed E-state index contributed by atoms with van der Waals surface area (Å²) in [5.41, 5.74) is 3.30. The first-order valence-corrected chi connectivity index (χ1v) is 9.27. The summed E-state index contributed by atoms with van der Waals surface area (Å²) in [6, 6.07) is 9.12. The van der Waals surface area contributed by atoms with E-state index >= 15 is 0 Å². The van der Waals surface area contributed by atoms with Crippen LogP contribution in [0.5, 0.6) is 0 Å². The molecule has 0 amide bonds. The molecule has 28 heavy (non-hydrogen) atoms. The van der Waals surface area contributed by atoms with E-state index in [0.29, 0.717) is 28.1 Å². The monoisotopic (exact) mass is 378 g/mol. The minimum Gasteiger partial charge on any atom is -0.422 e. The van der Waals surface area contributed by atoms with E-state index < -0.39 is 5.63 Å². The Bertz CT molecular complexity index is 1250. The second-order valence-corrected chi connectivity index (χ2v) is 7.11. The van der Waals surface area contributed by atoms with E-state index in [1.807, 2.05) is 18.2 Å².